The first kappa shape index (κ1) is 16.9. The van der Waals surface area contributed by atoms with Crippen molar-refractivity contribution in [3.8, 4) is 11.5 Å². The number of ether oxygens (including phenoxy) is 2. The number of carbonyl (C=O) groups is 1. The Labute approximate surface area is 153 Å². The molecule has 0 radical (unpaired) electrons. The van der Waals surface area contributed by atoms with Crippen LogP contribution >= 0.6 is 0 Å². The molecule has 1 aliphatic heterocycles. The van der Waals surface area contributed by atoms with E-state index in [-0.39, 0.29) is 18.7 Å². The highest BCUT2D eigenvalue weighted by Crippen LogP contribution is 2.32. The maximum atomic E-state index is 12.5. The standard InChI is InChI=1S/C21H24N2O3/c1-14(23-18-8-4-6-16-5-2-3-7-17(16)18)21(24)22-12-15-9-10-19-20(11-15)26-13-25-19/h2-3,5,7,9-11,14,18,23H,4,6,8,12-13H2,1H3,(H,22,24)/p+1/t14-,18-/m0/s1. The number of rotatable bonds is 5. The number of quaternary nitrogens is 1. The molecule has 0 unspecified atom stereocenters. The molecule has 2 aliphatic rings. The first-order valence-corrected chi connectivity index (χ1v) is 9.30. The van der Waals surface area contributed by atoms with Crippen LogP contribution in [0.5, 0.6) is 11.5 Å². The van der Waals surface area contributed by atoms with Crippen molar-refractivity contribution in [1.29, 1.82) is 0 Å². The lowest BCUT2D eigenvalue weighted by molar-refractivity contribution is -0.714. The molecule has 2 aromatic carbocycles. The minimum atomic E-state index is -0.125. The molecule has 3 N–H and O–H groups in total. The smallest absolute Gasteiger partial charge is 0.278 e. The molecule has 0 fully saturated rings. The zero-order valence-corrected chi connectivity index (χ0v) is 15.0. The highest BCUT2D eigenvalue weighted by atomic mass is 16.7. The van der Waals surface area contributed by atoms with Crippen LogP contribution in [-0.4, -0.2) is 18.7 Å². The Kier molecular flexibility index (Phi) is 4.80. The van der Waals surface area contributed by atoms with E-state index in [9.17, 15) is 4.79 Å². The van der Waals surface area contributed by atoms with E-state index in [0.29, 0.717) is 12.6 Å². The number of carbonyl (C=O) groups excluding carboxylic acids is 1. The minimum absolute atomic E-state index is 0.0609. The summed E-state index contributed by atoms with van der Waals surface area (Å²) in [6.07, 6.45) is 3.45. The van der Waals surface area contributed by atoms with E-state index < -0.39 is 0 Å². The summed E-state index contributed by atoms with van der Waals surface area (Å²) in [4.78, 5) is 12.5. The summed E-state index contributed by atoms with van der Waals surface area (Å²) in [7, 11) is 0. The van der Waals surface area contributed by atoms with E-state index >= 15 is 0 Å². The number of hydrogen-bond donors (Lipinski definition) is 2. The largest absolute Gasteiger partial charge is 0.454 e. The van der Waals surface area contributed by atoms with Gasteiger partial charge in [0.1, 0.15) is 6.04 Å². The Morgan fingerprint density at radius 1 is 1.23 bits per heavy atom. The monoisotopic (exact) mass is 353 g/mol. The SMILES string of the molecule is C[C@H]([NH2+][C@H]1CCCc2ccccc21)C(=O)NCc1ccc2c(c1)OCO2. The molecular weight excluding hydrogens is 328 g/mol. The van der Waals surface area contributed by atoms with E-state index in [1.807, 2.05) is 25.1 Å². The second-order valence-electron chi connectivity index (χ2n) is 7.08. The summed E-state index contributed by atoms with van der Waals surface area (Å²) in [6, 6.07) is 14.6. The van der Waals surface area contributed by atoms with Crippen LogP contribution in [0.15, 0.2) is 42.5 Å². The normalized spacial score (nSPS) is 18.9. The lowest BCUT2D eigenvalue weighted by Gasteiger charge is -2.26. The highest BCUT2D eigenvalue weighted by Gasteiger charge is 2.27. The van der Waals surface area contributed by atoms with Gasteiger partial charge in [-0.05, 0) is 43.0 Å². The molecule has 1 heterocycles. The average Bonchev–Trinajstić information content (AvgIpc) is 3.14. The van der Waals surface area contributed by atoms with Crippen molar-refractivity contribution in [1.82, 2.24) is 5.32 Å². The number of hydrogen-bond acceptors (Lipinski definition) is 3. The molecule has 1 aliphatic carbocycles. The second-order valence-corrected chi connectivity index (χ2v) is 7.08. The number of benzene rings is 2. The van der Waals surface area contributed by atoms with Crippen LogP contribution < -0.4 is 20.1 Å². The van der Waals surface area contributed by atoms with Gasteiger partial charge >= 0.3 is 0 Å². The zero-order chi connectivity index (χ0) is 17.9. The maximum Gasteiger partial charge on any atom is 0.278 e. The van der Waals surface area contributed by atoms with Gasteiger partial charge in [0.05, 0.1) is 0 Å². The van der Waals surface area contributed by atoms with Crippen LogP contribution in [-0.2, 0) is 17.8 Å². The van der Waals surface area contributed by atoms with Gasteiger partial charge in [-0.15, -0.1) is 0 Å². The van der Waals surface area contributed by atoms with Gasteiger partial charge in [-0.2, -0.15) is 0 Å². The predicted molar refractivity (Wildman–Crippen MR) is 97.9 cm³/mol. The highest BCUT2D eigenvalue weighted by molar-refractivity contribution is 5.79. The molecule has 0 saturated heterocycles. The Bertz CT molecular complexity index is 806. The lowest BCUT2D eigenvalue weighted by atomic mass is 9.87. The van der Waals surface area contributed by atoms with Gasteiger partial charge in [0, 0.05) is 18.5 Å². The van der Waals surface area contributed by atoms with Crippen molar-refractivity contribution in [2.45, 2.75) is 44.8 Å². The number of aryl methyl sites for hydroxylation is 1. The summed E-state index contributed by atoms with van der Waals surface area (Å²) in [5.74, 6) is 1.57. The van der Waals surface area contributed by atoms with Crippen LogP contribution in [0.25, 0.3) is 0 Å². The van der Waals surface area contributed by atoms with Crippen molar-refractivity contribution < 1.29 is 19.6 Å². The van der Waals surface area contributed by atoms with Gasteiger partial charge in [0.15, 0.2) is 17.5 Å². The predicted octanol–water partition coefficient (Wildman–Crippen LogP) is 2.06. The van der Waals surface area contributed by atoms with Gasteiger partial charge in [-0.1, -0.05) is 30.3 Å². The first-order chi connectivity index (χ1) is 12.7. The quantitative estimate of drug-likeness (QED) is 0.865. The number of nitrogens with one attached hydrogen (secondary N) is 1. The first-order valence-electron chi connectivity index (χ1n) is 9.30. The van der Waals surface area contributed by atoms with Crippen LogP contribution in [0, 0.1) is 0 Å². The summed E-state index contributed by atoms with van der Waals surface area (Å²) in [5.41, 5.74) is 3.82. The van der Waals surface area contributed by atoms with Crippen LogP contribution in [0.4, 0.5) is 0 Å². The molecule has 2 atom stereocenters. The Hall–Kier alpha value is -2.53. The van der Waals surface area contributed by atoms with Gasteiger partial charge < -0.3 is 20.1 Å². The molecule has 0 bridgehead atoms. The Balaban J connectivity index is 1.34. The molecule has 0 aromatic heterocycles. The summed E-state index contributed by atoms with van der Waals surface area (Å²) >= 11 is 0. The van der Waals surface area contributed by atoms with Crippen LogP contribution in [0.2, 0.25) is 0 Å². The molecule has 4 rings (SSSR count). The fourth-order valence-electron chi connectivity index (χ4n) is 3.83. The lowest BCUT2D eigenvalue weighted by Crippen LogP contribution is -2.92. The van der Waals surface area contributed by atoms with Crippen molar-refractivity contribution in [2.75, 3.05) is 6.79 Å². The topological polar surface area (TPSA) is 64.2 Å². The average molecular weight is 353 g/mol. The number of nitrogens with two attached hydrogens (primary N) is 1. The second kappa shape index (κ2) is 7.38. The number of amides is 1. The van der Waals surface area contributed by atoms with Gasteiger partial charge in [-0.25, -0.2) is 0 Å². The van der Waals surface area contributed by atoms with E-state index in [1.54, 1.807) is 0 Å². The maximum absolute atomic E-state index is 12.5. The van der Waals surface area contributed by atoms with E-state index in [0.717, 1.165) is 29.9 Å². The van der Waals surface area contributed by atoms with Crippen LogP contribution in [0.3, 0.4) is 0 Å². The van der Waals surface area contributed by atoms with Crippen molar-refractivity contribution in [3.63, 3.8) is 0 Å². The molecule has 1 amide bonds. The van der Waals surface area contributed by atoms with E-state index in [2.05, 4.69) is 34.9 Å². The summed E-state index contributed by atoms with van der Waals surface area (Å²) < 4.78 is 10.7. The fraction of sp³-hybridized carbons (Fsp3) is 0.381. The third kappa shape index (κ3) is 3.53. The summed E-state index contributed by atoms with van der Waals surface area (Å²) in [5, 5.41) is 5.24. The molecule has 26 heavy (non-hydrogen) atoms. The molecule has 5 heteroatoms. The zero-order valence-electron chi connectivity index (χ0n) is 15.0. The van der Waals surface area contributed by atoms with Gasteiger partial charge in [0.2, 0.25) is 6.79 Å². The number of fused-ring (bicyclic) bond motifs is 2. The molecule has 0 saturated carbocycles. The molecular formula is C21H25N2O3+. The van der Waals surface area contributed by atoms with Gasteiger partial charge in [0.25, 0.3) is 5.91 Å². The van der Waals surface area contributed by atoms with Crippen molar-refractivity contribution in [3.05, 3.63) is 59.2 Å². The summed E-state index contributed by atoms with van der Waals surface area (Å²) in [6.45, 7) is 2.74. The van der Waals surface area contributed by atoms with Gasteiger partial charge in [-0.3, -0.25) is 4.79 Å². The Morgan fingerprint density at radius 3 is 3.00 bits per heavy atom. The Morgan fingerprint density at radius 2 is 2.08 bits per heavy atom. The molecule has 5 nitrogen and oxygen atoms in total. The molecule has 2 aromatic rings. The third-order valence-corrected chi connectivity index (χ3v) is 5.25. The van der Waals surface area contributed by atoms with Crippen molar-refractivity contribution >= 4 is 5.91 Å². The third-order valence-electron chi connectivity index (χ3n) is 5.25. The molecule has 136 valence electrons. The molecule has 0 spiro atoms. The van der Waals surface area contributed by atoms with E-state index in [4.69, 9.17) is 9.47 Å². The van der Waals surface area contributed by atoms with E-state index in [1.165, 1.54) is 17.5 Å². The fourth-order valence-corrected chi connectivity index (χ4v) is 3.83. The minimum Gasteiger partial charge on any atom is -0.454 e. The van der Waals surface area contributed by atoms with Crippen molar-refractivity contribution in [2.24, 2.45) is 0 Å². The van der Waals surface area contributed by atoms with Crippen LogP contribution in [0.1, 0.15) is 42.5 Å².